The summed E-state index contributed by atoms with van der Waals surface area (Å²) < 4.78 is 0.824. The second kappa shape index (κ2) is 6.65. The maximum Gasteiger partial charge on any atom is 0.253 e. The van der Waals surface area contributed by atoms with E-state index >= 15 is 0 Å². The lowest BCUT2D eigenvalue weighted by atomic mass is 9.88. The second-order valence-corrected chi connectivity index (χ2v) is 6.61. The summed E-state index contributed by atoms with van der Waals surface area (Å²) >= 11 is 9.40. The topological polar surface area (TPSA) is 32.3 Å². The molecule has 2 unspecified atom stereocenters. The molecule has 1 aromatic rings. The van der Waals surface area contributed by atoms with E-state index in [9.17, 15) is 4.79 Å². The van der Waals surface area contributed by atoms with E-state index in [1.807, 2.05) is 17.0 Å². The fourth-order valence-corrected chi connectivity index (χ4v) is 3.46. The molecule has 1 amide bonds. The number of hydrogen-bond donors (Lipinski definition) is 1. The first-order valence-corrected chi connectivity index (χ1v) is 7.77. The van der Waals surface area contributed by atoms with Gasteiger partial charge in [0.15, 0.2) is 0 Å². The van der Waals surface area contributed by atoms with Gasteiger partial charge in [0.05, 0.1) is 5.02 Å². The third-order valence-electron chi connectivity index (χ3n) is 4.16. The Morgan fingerprint density at radius 3 is 2.85 bits per heavy atom. The average Bonchev–Trinajstić information content (AvgIpc) is 2.88. The standard InChI is InChI=1S/C14H16BrClN2O.ClH/c15-12-2-1-9(5-13(12)16)14(19)18-4-3-10-6-17-7-11(10)8-18;/h1-2,5,10-11,17H,3-4,6-8H2;1H. The van der Waals surface area contributed by atoms with Crippen molar-refractivity contribution in [3.8, 4) is 0 Å². The summed E-state index contributed by atoms with van der Waals surface area (Å²) in [6, 6.07) is 5.41. The number of amides is 1. The average molecular weight is 380 g/mol. The molecule has 0 saturated carbocycles. The van der Waals surface area contributed by atoms with Crippen LogP contribution in [0.5, 0.6) is 0 Å². The number of carbonyl (C=O) groups excluding carboxylic acids is 1. The van der Waals surface area contributed by atoms with Crippen molar-refractivity contribution in [3.05, 3.63) is 33.3 Å². The van der Waals surface area contributed by atoms with E-state index in [2.05, 4.69) is 21.2 Å². The van der Waals surface area contributed by atoms with E-state index in [0.29, 0.717) is 16.5 Å². The van der Waals surface area contributed by atoms with Crippen LogP contribution in [-0.4, -0.2) is 37.0 Å². The normalized spacial score (nSPS) is 25.0. The Bertz CT molecular complexity index is 512. The quantitative estimate of drug-likeness (QED) is 0.812. The second-order valence-electron chi connectivity index (χ2n) is 5.35. The molecule has 0 aliphatic carbocycles. The fourth-order valence-electron chi connectivity index (χ4n) is 3.03. The Kier molecular flexibility index (Phi) is 5.35. The van der Waals surface area contributed by atoms with Gasteiger partial charge in [-0.05, 0) is 65.5 Å². The molecule has 2 atom stereocenters. The van der Waals surface area contributed by atoms with Crippen molar-refractivity contribution in [1.29, 1.82) is 0 Å². The van der Waals surface area contributed by atoms with Crippen LogP contribution in [0.4, 0.5) is 0 Å². The van der Waals surface area contributed by atoms with Crippen molar-refractivity contribution in [1.82, 2.24) is 10.2 Å². The van der Waals surface area contributed by atoms with Gasteiger partial charge in [-0.3, -0.25) is 4.79 Å². The molecule has 110 valence electrons. The summed E-state index contributed by atoms with van der Waals surface area (Å²) in [4.78, 5) is 14.4. The largest absolute Gasteiger partial charge is 0.338 e. The zero-order chi connectivity index (χ0) is 13.4. The Morgan fingerprint density at radius 1 is 1.35 bits per heavy atom. The van der Waals surface area contributed by atoms with E-state index in [1.165, 1.54) is 0 Å². The minimum Gasteiger partial charge on any atom is -0.338 e. The highest BCUT2D eigenvalue weighted by molar-refractivity contribution is 9.10. The number of nitrogens with one attached hydrogen (secondary N) is 1. The van der Waals surface area contributed by atoms with Crippen molar-refractivity contribution in [3.63, 3.8) is 0 Å². The smallest absolute Gasteiger partial charge is 0.253 e. The van der Waals surface area contributed by atoms with E-state index in [4.69, 9.17) is 11.6 Å². The van der Waals surface area contributed by atoms with Gasteiger partial charge >= 0.3 is 0 Å². The molecule has 1 N–H and O–H groups in total. The Labute approximate surface area is 138 Å². The lowest BCUT2D eigenvalue weighted by molar-refractivity contribution is 0.0642. The van der Waals surface area contributed by atoms with E-state index in [1.54, 1.807) is 6.07 Å². The number of likely N-dealkylation sites (tertiary alicyclic amines) is 1. The molecule has 0 spiro atoms. The summed E-state index contributed by atoms with van der Waals surface area (Å²) in [7, 11) is 0. The van der Waals surface area contributed by atoms with Crippen molar-refractivity contribution in [2.75, 3.05) is 26.2 Å². The number of halogens is 3. The molecule has 3 nitrogen and oxygen atoms in total. The molecule has 2 aliphatic rings. The highest BCUT2D eigenvalue weighted by Gasteiger charge is 2.34. The monoisotopic (exact) mass is 378 g/mol. The number of hydrogen-bond acceptors (Lipinski definition) is 2. The molecule has 2 fully saturated rings. The van der Waals surface area contributed by atoms with Gasteiger partial charge in [-0.25, -0.2) is 0 Å². The molecule has 0 aromatic heterocycles. The highest BCUT2D eigenvalue weighted by atomic mass is 79.9. The number of carbonyl (C=O) groups is 1. The van der Waals surface area contributed by atoms with Gasteiger partial charge in [0.2, 0.25) is 0 Å². The van der Waals surface area contributed by atoms with Gasteiger partial charge in [0.1, 0.15) is 0 Å². The molecule has 6 heteroatoms. The maximum atomic E-state index is 12.5. The summed E-state index contributed by atoms with van der Waals surface area (Å²) in [5.74, 6) is 1.46. The van der Waals surface area contributed by atoms with Gasteiger partial charge in [0, 0.05) is 23.1 Å². The molecular weight excluding hydrogens is 363 g/mol. The van der Waals surface area contributed by atoms with Crippen LogP contribution in [0.15, 0.2) is 22.7 Å². The van der Waals surface area contributed by atoms with Crippen molar-refractivity contribution in [2.24, 2.45) is 11.8 Å². The summed E-state index contributed by atoms with van der Waals surface area (Å²) in [5, 5.41) is 4.00. The van der Waals surface area contributed by atoms with Crippen LogP contribution in [0.2, 0.25) is 5.02 Å². The fraction of sp³-hybridized carbons (Fsp3) is 0.500. The van der Waals surface area contributed by atoms with Crippen molar-refractivity contribution >= 4 is 45.8 Å². The molecule has 0 radical (unpaired) electrons. The van der Waals surface area contributed by atoms with Crippen LogP contribution in [-0.2, 0) is 0 Å². The maximum absolute atomic E-state index is 12.5. The Balaban J connectivity index is 0.00000147. The predicted octanol–water partition coefficient (Wildman–Crippen LogP) is 3.21. The third-order valence-corrected chi connectivity index (χ3v) is 5.39. The van der Waals surface area contributed by atoms with Gasteiger partial charge in [-0.2, -0.15) is 0 Å². The molecular formula is C14H17BrCl2N2O. The lowest BCUT2D eigenvalue weighted by Crippen LogP contribution is -2.43. The Morgan fingerprint density at radius 2 is 2.10 bits per heavy atom. The molecule has 2 aliphatic heterocycles. The van der Waals surface area contributed by atoms with Gasteiger partial charge in [-0.15, -0.1) is 12.4 Å². The number of nitrogens with zero attached hydrogens (tertiary/aromatic N) is 1. The van der Waals surface area contributed by atoms with E-state index in [0.717, 1.165) is 43.0 Å². The number of fused-ring (bicyclic) bond motifs is 1. The van der Waals surface area contributed by atoms with Crippen LogP contribution in [0, 0.1) is 11.8 Å². The Hall–Kier alpha value is -0.290. The minimum absolute atomic E-state index is 0. The first kappa shape index (κ1) is 16.1. The van der Waals surface area contributed by atoms with Crippen LogP contribution < -0.4 is 5.32 Å². The first-order chi connectivity index (χ1) is 9.15. The summed E-state index contributed by atoms with van der Waals surface area (Å²) in [6.07, 6.45) is 1.10. The van der Waals surface area contributed by atoms with Crippen LogP contribution in [0.1, 0.15) is 16.8 Å². The summed E-state index contributed by atoms with van der Waals surface area (Å²) in [5.41, 5.74) is 0.678. The van der Waals surface area contributed by atoms with E-state index < -0.39 is 0 Å². The molecule has 20 heavy (non-hydrogen) atoms. The molecule has 2 saturated heterocycles. The first-order valence-electron chi connectivity index (χ1n) is 6.60. The van der Waals surface area contributed by atoms with Gasteiger partial charge in [0.25, 0.3) is 5.91 Å². The SMILES string of the molecule is Cl.O=C(c1ccc(Br)c(Cl)c1)N1CCC2CNCC2C1. The van der Waals surface area contributed by atoms with Crippen LogP contribution in [0.3, 0.4) is 0 Å². The zero-order valence-electron chi connectivity index (χ0n) is 10.9. The molecule has 3 rings (SSSR count). The minimum atomic E-state index is 0. The van der Waals surface area contributed by atoms with Gasteiger partial charge < -0.3 is 10.2 Å². The predicted molar refractivity (Wildman–Crippen MR) is 86.8 cm³/mol. The third kappa shape index (κ3) is 3.14. The van der Waals surface area contributed by atoms with Crippen LogP contribution in [0.25, 0.3) is 0 Å². The lowest BCUT2D eigenvalue weighted by Gasteiger charge is -2.34. The zero-order valence-corrected chi connectivity index (χ0v) is 14.1. The molecule has 2 heterocycles. The molecule has 1 aromatic carbocycles. The van der Waals surface area contributed by atoms with Crippen molar-refractivity contribution in [2.45, 2.75) is 6.42 Å². The summed E-state index contributed by atoms with van der Waals surface area (Å²) in [6.45, 7) is 3.87. The highest BCUT2D eigenvalue weighted by Crippen LogP contribution is 2.28. The van der Waals surface area contributed by atoms with Crippen LogP contribution >= 0.6 is 39.9 Å². The van der Waals surface area contributed by atoms with Gasteiger partial charge in [-0.1, -0.05) is 11.6 Å². The number of piperidine rings is 1. The number of benzene rings is 1. The van der Waals surface area contributed by atoms with E-state index in [-0.39, 0.29) is 18.3 Å². The number of rotatable bonds is 1. The molecule has 0 bridgehead atoms. The van der Waals surface area contributed by atoms with Crippen molar-refractivity contribution < 1.29 is 4.79 Å².